The largest absolute Gasteiger partial charge is 0.467 e. The highest BCUT2D eigenvalue weighted by Gasteiger charge is 2.22. The standard InChI is InChI=1S/C22H24N2O3S/c1-14-12-21(15(2)24(14)13-19-6-5-11-27-19)22(26)16(3)28-20-9-7-18(8-10-20)23-17(4)25/h5-12,16H,13H2,1-4H3,(H,23,25)/t16-/m0/s1. The number of carbonyl (C=O) groups is 2. The van der Waals surface area contributed by atoms with Crippen LogP contribution in [-0.4, -0.2) is 21.5 Å². The van der Waals surface area contributed by atoms with Gasteiger partial charge in [-0.25, -0.2) is 0 Å². The Bertz CT molecular complexity index is 972. The van der Waals surface area contributed by atoms with E-state index in [4.69, 9.17) is 4.42 Å². The summed E-state index contributed by atoms with van der Waals surface area (Å²) in [5, 5.41) is 2.52. The van der Waals surface area contributed by atoms with Gasteiger partial charge in [0.25, 0.3) is 0 Å². The first-order valence-corrected chi connectivity index (χ1v) is 10.0. The molecule has 0 fully saturated rings. The molecule has 0 bridgehead atoms. The summed E-state index contributed by atoms with van der Waals surface area (Å²) in [6, 6.07) is 13.3. The van der Waals surface area contributed by atoms with Gasteiger partial charge in [-0.3, -0.25) is 9.59 Å². The SMILES string of the molecule is CC(=O)Nc1ccc(S[C@@H](C)C(=O)c2cc(C)n(Cc3ccco3)c2C)cc1. The molecule has 0 spiro atoms. The number of aryl methyl sites for hydroxylation is 1. The summed E-state index contributed by atoms with van der Waals surface area (Å²) < 4.78 is 7.54. The van der Waals surface area contributed by atoms with Gasteiger partial charge in [-0.2, -0.15) is 0 Å². The highest BCUT2D eigenvalue weighted by atomic mass is 32.2. The Morgan fingerprint density at radius 3 is 2.50 bits per heavy atom. The van der Waals surface area contributed by atoms with Gasteiger partial charge in [-0.1, -0.05) is 0 Å². The number of Topliss-reactive ketones (excluding diaryl/α,β-unsaturated/α-hetero) is 1. The van der Waals surface area contributed by atoms with Crippen molar-refractivity contribution in [3.05, 3.63) is 71.4 Å². The second kappa shape index (κ2) is 8.52. The molecule has 0 aliphatic carbocycles. The van der Waals surface area contributed by atoms with Crippen molar-refractivity contribution in [1.82, 2.24) is 4.57 Å². The number of rotatable bonds is 7. The number of benzene rings is 1. The first-order valence-electron chi connectivity index (χ1n) is 9.12. The minimum atomic E-state index is -0.218. The molecule has 2 aromatic heterocycles. The molecule has 0 radical (unpaired) electrons. The van der Waals surface area contributed by atoms with E-state index in [1.165, 1.54) is 18.7 Å². The molecule has 3 rings (SSSR count). The van der Waals surface area contributed by atoms with E-state index in [1.807, 2.05) is 63.2 Å². The van der Waals surface area contributed by atoms with Gasteiger partial charge >= 0.3 is 0 Å². The van der Waals surface area contributed by atoms with Gasteiger partial charge in [-0.15, -0.1) is 11.8 Å². The molecule has 2 heterocycles. The van der Waals surface area contributed by atoms with Crippen LogP contribution in [0.15, 0.2) is 58.0 Å². The topological polar surface area (TPSA) is 64.2 Å². The first-order chi connectivity index (χ1) is 13.3. The molecular weight excluding hydrogens is 372 g/mol. The van der Waals surface area contributed by atoms with Crippen LogP contribution in [-0.2, 0) is 11.3 Å². The van der Waals surface area contributed by atoms with Crippen LogP contribution in [0, 0.1) is 13.8 Å². The molecule has 0 saturated heterocycles. The Hall–Kier alpha value is -2.73. The molecule has 0 unspecified atom stereocenters. The highest BCUT2D eigenvalue weighted by molar-refractivity contribution is 8.00. The van der Waals surface area contributed by atoms with Crippen molar-refractivity contribution in [1.29, 1.82) is 0 Å². The maximum absolute atomic E-state index is 13.0. The smallest absolute Gasteiger partial charge is 0.221 e. The van der Waals surface area contributed by atoms with E-state index < -0.39 is 0 Å². The number of nitrogens with one attached hydrogen (secondary N) is 1. The van der Waals surface area contributed by atoms with Gasteiger partial charge in [0.2, 0.25) is 5.91 Å². The fraction of sp³-hybridized carbons (Fsp3) is 0.273. The molecule has 0 aliphatic rings. The number of ketones is 1. The van der Waals surface area contributed by atoms with E-state index >= 15 is 0 Å². The van der Waals surface area contributed by atoms with Gasteiger partial charge < -0.3 is 14.3 Å². The summed E-state index contributed by atoms with van der Waals surface area (Å²) in [7, 11) is 0. The van der Waals surface area contributed by atoms with Crippen molar-refractivity contribution in [3.8, 4) is 0 Å². The van der Waals surface area contributed by atoms with Crippen molar-refractivity contribution >= 4 is 29.1 Å². The summed E-state index contributed by atoms with van der Waals surface area (Å²) in [6.07, 6.45) is 1.66. The zero-order chi connectivity index (χ0) is 20.3. The molecule has 1 aromatic carbocycles. The lowest BCUT2D eigenvalue weighted by atomic mass is 10.1. The van der Waals surface area contributed by atoms with E-state index in [0.717, 1.165) is 33.3 Å². The number of carbonyl (C=O) groups excluding carboxylic acids is 2. The molecule has 0 aliphatic heterocycles. The number of furan rings is 1. The van der Waals surface area contributed by atoms with Crippen molar-refractivity contribution in [3.63, 3.8) is 0 Å². The van der Waals surface area contributed by atoms with E-state index in [0.29, 0.717) is 6.54 Å². The van der Waals surface area contributed by atoms with Crippen LogP contribution in [0.25, 0.3) is 0 Å². The monoisotopic (exact) mass is 396 g/mol. The van der Waals surface area contributed by atoms with E-state index in [-0.39, 0.29) is 16.9 Å². The lowest BCUT2D eigenvalue weighted by Crippen LogP contribution is -2.15. The molecule has 3 aromatic rings. The molecule has 6 heteroatoms. The second-order valence-electron chi connectivity index (χ2n) is 6.78. The fourth-order valence-corrected chi connectivity index (χ4v) is 4.08. The van der Waals surface area contributed by atoms with E-state index in [1.54, 1.807) is 6.26 Å². The number of anilines is 1. The van der Waals surface area contributed by atoms with Crippen LogP contribution < -0.4 is 5.32 Å². The zero-order valence-electron chi connectivity index (χ0n) is 16.5. The van der Waals surface area contributed by atoms with Crippen molar-refractivity contribution in [2.45, 2.75) is 44.4 Å². The van der Waals surface area contributed by atoms with Gasteiger partial charge in [0.1, 0.15) is 5.76 Å². The summed E-state index contributed by atoms with van der Waals surface area (Å²) in [4.78, 5) is 25.1. The lowest BCUT2D eigenvalue weighted by molar-refractivity contribution is -0.114. The van der Waals surface area contributed by atoms with Crippen LogP contribution in [0.2, 0.25) is 0 Å². The first kappa shape index (κ1) is 20.0. The summed E-state index contributed by atoms with van der Waals surface area (Å²) in [5.41, 5.74) is 3.48. The van der Waals surface area contributed by atoms with Crippen LogP contribution in [0.3, 0.4) is 0 Å². The molecule has 1 atom stereocenters. The Morgan fingerprint density at radius 2 is 1.89 bits per heavy atom. The Labute approximate surface area is 169 Å². The van der Waals surface area contributed by atoms with Gasteiger partial charge in [-0.05, 0) is 63.2 Å². The molecular formula is C22H24N2O3S. The molecule has 5 nitrogen and oxygen atoms in total. The van der Waals surface area contributed by atoms with Crippen LogP contribution in [0.5, 0.6) is 0 Å². The summed E-state index contributed by atoms with van der Waals surface area (Å²) >= 11 is 1.51. The van der Waals surface area contributed by atoms with Gasteiger partial charge in [0, 0.05) is 34.5 Å². The minimum Gasteiger partial charge on any atom is -0.467 e. The van der Waals surface area contributed by atoms with E-state index in [9.17, 15) is 9.59 Å². The number of hydrogen-bond donors (Lipinski definition) is 1. The predicted octanol–water partition coefficient (Wildman–Crippen LogP) is 5.07. The van der Waals surface area contributed by atoms with Crippen molar-refractivity contribution < 1.29 is 14.0 Å². The number of hydrogen-bond acceptors (Lipinski definition) is 4. The number of thioether (sulfide) groups is 1. The Kier molecular flexibility index (Phi) is 6.09. The molecule has 146 valence electrons. The molecule has 1 N–H and O–H groups in total. The van der Waals surface area contributed by atoms with Crippen LogP contribution in [0.4, 0.5) is 5.69 Å². The van der Waals surface area contributed by atoms with Crippen molar-refractivity contribution in [2.24, 2.45) is 0 Å². The molecule has 1 amide bonds. The quantitative estimate of drug-likeness (QED) is 0.447. The summed E-state index contributed by atoms with van der Waals surface area (Å²) in [5.74, 6) is 0.867. The fourth-order valence-electron chi connectivity index (χ4n) is 3.15. The number of amides is 1. The van der Waals surface area contributed by atoms with Crippen LogP contribution in [0.1, 0.15) is 41.4 Å². The van der Waals surface area contributed by atoms with Crippen LogP contribution >= 0.6 is 11.8 Å². The van der Waals surface area contributed by atoms with Crippen molar-refractivity contribution in [2.75, 3.05) is 5.32 Å². The molecule has 0 saturated carbocycles. The Balaban J connectivity index is 1.72. The third kappa shape index (κ3) is 4.57. The Morgan fingerprint density at radius 1 is 1.18 bits per heavy atom. The molecule has 28 heavy (non-hydrogen) atoms. The van der Waals surface area contributed by atoms with Gasteiger partial charge in [0.05, 0.1) is 18.1 Å². The number of nitrogens with zero attached hydrogens (tertiary/aromatic N) is 1. The number of aromatic nitrogens is 1. The average molecular weight is 397 g/mol. The third-order valence-electron chi connectivity index (χ3n) is 4.59. The van der Waals surface area contributed by atoms with E-state index in [2.05, 4.69) is 9.88 Å². The predicted molar refractivity (Wildman–Crippen MR) is 112 cm³/mol. The zero-order valence-corrected chi connectivity index (χ0v) is 17.3. The van der Waals surface area contributed by atoms with Gasteiger partial charge in [0.15, 0.2) is 5.78 Å². The lowest BCUT2D eigenvalue weighted by Gasteiger charge is -2.12. The summed E-state index contributed by atoms with van der Waals surface area (Å²) in [6.45, 7) is 8.00. The maximum atomic E-state index is 13.0. The normalized spacial score (nSPS) is 12.0. The maximum Gasteiger partial charge on any atom is 0.221 e. The second-order valence-corrected chi connectivity index (χ2v) is 8.19. The highest BCUT2D eigenvalue weighted by Crippen LogP contribution is 2.29. The average Bonchev–Trinajstić information content (AvgIpc) is 3.26. The minimum absolute atomic E-state index is 0.103. The third-order valence-corrected chi connectivity index (χ3v) is 5.70.